The highest BCUT2D eigenvalue weighted by molar-refractivity contribution is 5.75. The van der Waals surface area contributed by atoms with E-state index in [4.69, 9.17) is 10.5 Å². The number of hydrogen-bond donors (Lipinski definition) is 3. The monoisotopic (exact) mass is 215 g/mol. The van der Waals surface area contributed by atoms with Crippen LogP contribution in [0.4, 0.5) is 4.79 Å². The lowest BCUT2D eigenvalue weighted by molar-refractivity contribution is 0.0798. The third kappa shape index (κ3) is 4.48. The molecule has 1 rings (SSSR count). The van der Waals surface area contributed by atoms with Gasteiger partial charge in [0.25, 0.3) is 0 Å². The predicted molar refractivity (Wildman–Crippen MR) is 58.6 cm³/mol. The Morgan fingerprint density at radius 3 is 2.60 bits per heavy atom. The Kier molecular flexibility index (Phi) is 4.35. The zero-order valence-electron chi connectivity index (χ0n) is 9.51. The maximum absolute atomic E-state index is 11.6. The van der Waals surface area contributed by atoms with Crippen LogP contribution in [0.25, 0.3) is 0 Å². The molecule has 88 valence electrons. The molecular formula is C10H21N3O2. The number of rotatable bonds is 3. The SMILES string of the molecule is CC(C)(CN)NC(=O)NC1CCOCC1. The molecule has 5 nitrogen and oxygen atoms in total. The van der Waals surface area contributed by atoms with E-state index in [9.17, 15) is 4.79 Å². The lowest BCUT2D eigenvalue weighted by Gasteiger charge is -2.28. The summed E-state index contributed by atoms with van der Waals surface area (Å²) in [6, 6.07) is 0.0877. The average molecular weight is 215 g/mol. The van der Waals surface area contributed by atoms with E-state index in [0.717, 1.165) is 26.1 Å². The Labute approximate surface area is 90.7 Å². The van der Waals surface area contributed by atoms with E-state index in [1.54, 1.807) is 0 Å². The van der Waals surface area contributed by atoms with E-state index >= 15 is 0 Å². The summed E-state index contributed by atoms with van der Waals surface area (Å²) in [7, 11) is 0. The first kappa shape index (κ1) is 12.3. The maximum Gasteiger partial charge on any atom is 0.315 e. The Morgan fingerprint density at radius 2 is 2.07 bits per heavy atom. The molecule has 0 aromatic heterocycles. The second-order valence-electron chi connectivity index (χ2n) is 4.57. The van der Waals surface area contributed by atoms with Gasteiger partial charge < -0.3 is 21.1 Å². The van der Waals surface area contributed by atoms with Crippen LogP contribution in [0.2, 0.25) is 0 Å². The number of nitrogens with two attached hydrogens (primary N) is 1. The molecule has 0 radical (unpaired) electrons. The molecule has 5 heteroatoms. The lowest BCUT2D eigenvalue weighted by atomic mass is 10.1. The van der Waals surface area contributed by atoms with E-state index in [2.05, 4.69) is 10.6 Å². The van der Waals surface area contributed by atoms with Crippen molar-refractivity contribution in [2.24, 2.45) is 5.73 Å². The number of ether oxygens (including phenoxy) is 1. The summed E-state index contributed by atoms with van der Waals surface area (Å²) in [6.45, 7) is 5.68. The molecule has 1 aliphatic heterocycles. The second-order valence-corrected chi connectivity index (χ2v) is 4.57. The molecule has 1 saturated heterocycles. The van der Waals surface area contributed by atoms with Crippen molar-refractivity contribution in [3.05, 3.63) is 0 Å². The Hall–Kier alpha value is -0.810. The van der Waals surface area contributed by atoms with Gasteiger partial charge in [-0.2, -0.15) is 0 Å². The van der Waals surface area contributed by atoms with Gasteiger partial charge in [0.1, 0.15) is 0 Å². The molecule has 0 unspecified atom stereocenters. The third-order valence-electron chi connectivity index (χ3n) is 2.52. The number of urea groups is 1. The number of amides is 2. The molecule has 1 fully saturated rings. The van der Waals surface area contributed by atoms with Crippen molar-refractivity contribution in [2.75, 3.05) is 19.8 Å². The molecule has 4 N–H and O–H groups in total. The fourth-order valence-electron chi connectivity index (χ4n) is 1.42. The van der Waals surface area contributed by atoms with Gasteiger partial charge in [-0.3, -0.25) is 0 Å². The summed E-state index contributed by atoms with van der Waals surface area (Å²) >= 11 is 0. The average Bonchev–Trinajstić information content (AvgIpc) is 2.18. The molecule has 0 aromatic carbocycles. The Morgan fingerprint density at radius 1 is 1.47 bits per heavy atom. The minimum absolute atomic E-state index is 0.141. The molecule has 0 aromatic rings. The molecule has 0 saturated carbocycles. The Balaban J connectivity index is 2.28. The van der Waals surface area contributed by atoms with Crippen LogP contribution >= 0.6 is 0 Å². The van der Waals surface area contributed by atoms with Gasteiger partial charge >= 0.3 is 6.03 Å². The van der Waals surface area contributed by atoms with Gasteiger partial charge in [-0.05, 0) is 26.7 Å². The number of carbonyl (C=O) groups is 1. The van der Waals surface area contributed by atoms with Crippen LogP contribution in [0, 0.1) is 0 Å². The molecule has 0 aliphatic carbocycles. The van der Waals surface area contributed by atoms with Gasteiger partial charge in [0.2, 0.25) is 0 Å². The fraction of sp³-hybridized carbons (Fsp3) is 0.900. The first-order valence-electron chi connectivity index (χ1n) is 5.40. The smallest absolute Gasteiger partial charge is 0.315 e. The van der Waals surface area contributed by atoms with Crippen LogP contribution < -0.4 is 16.4 Å². The molecular weight excluding hydrogens is 194 g/mol. The quantitative estimate of drug-likeness (QED) is 0.629. The van der Waals surface area contributed by atoms with Gasteiger partial charge in [-0.25, -0.2) is 4.79 Å². The largest absolute Gasteiger partial charge is 0.381 e. The van der Waals surface area contributed by atoms with E-state index in [1.165, 1.54) is 0 Å². The van der Waals surface area contributed by atoms with E-state index in [-0.39, 0.29) is 17.6 Å². The number of nitrogens with one attached hydrogen (secondary N) is 2. The lowest BCUT2D eigenvalue weighted by Crippen LogP contribution is -2.54. The number of hydrogen-bond acceptors (Lipinski definition) is 3. The first-order chi connectivity index (χ1) is 7.03. The molecule has 0 bridgehead atoms. The highest BCUT2D eigenvalue weighted by Gasteiger charge is 2.21. The number of carbonyl (C=O) groups excluding carboxylic acids is 1. The predicted octanol–water partition coefficient (Wildman–Crippen LogP) is 0.202. The standard InChI is InChI=1S/C10H21N3O2/c1-10(2,7-11)13-9(14)12-8-3-5-15-6-4-8/h8H,3-7,11H2,1-2H3,(H2,12,13,14). The fourth-order valence-corrected chi connectivity index (χ4v) is 1.42. The van der Waals surface area contributed by atoms with Gasteiger partial charge in [-0.15, -0.1) is 0 Å². The first-order valence-corrected chi connectivity index (χ1v) is 5.40. The van der Waals surface area contributed by atoms with Crippen molar-refractivity contribution in [3.8, 4) is 0 Å². The van der Waals surface area contributed by atoms with E-state index in [0.29, 0.717) is 6.54 Å². The van der Waals surface area contributed by atoms with E-state index in [1.807, 2.05) is 13.8 Å². The minimum atomic E-state index is -0.352. The molecule has 1 aliphatic rings. The van der Waals surface area contributed by atoms with Crippen LogP contribution in [0.1, 0.15) is 26.7 Å². The van der Waals surface area contributed by atoms with Crippen LogP contribution in [0.15, 0.2) is 0 Å². The topological polar surface area (TPSA) is 76.4 Å². The summed E-state index contributed by atoms with van der Waals surface area (Å²) in [5.74, 6) is 0. The van der Waals surface area contributed by atoms with Crippen molar-refractivity contribution < 1.29 is 9.53 Å². The highest BCUT2D eigenvalue weighted by Crippen LogP contribution is 2.06. The zero-order chi connectivity index (χ0) is 11.3. The molecule has 2 amide bonds. The van der Waals surface area contributed by atoms with Crippen molar-refractivity contribution in [3.63, 3.8) is 0 Å². The van der Waals surface area contributed by atoms with Crippen LogP contribution in [-0.4, -0.2) is 37.4 Å². The molecule has 0 atom stereocenters. The van der Waals surface area contributed by atoms with Gasteiger partial charge in [-0.1, -0.05) is 0 Å². The summed E-state index contributed by atoms with van der Waals surface area (Å²) in [5.41, 5.74) is 5.17. The van der Waals surface area contributed by atoms with Crippen LogP contribution in [0.3, 0.4) is 0 Å². The van der Waals surface area contributed by atoms with Gasteiger partial charge in [0, 0.05) is 31.3 Å². The molecule has 15 heavy (non-hydrogen) atoms. The van der Waals surface area contributed by atoms with Gasteiger partial charge in [0.05, 0.1) is 0 Å². The van der Waals surface area contributed by atoms with Crippen LogP contribution in [-0.2, 0) is 4.74 Å². The van der Waals surface area contributed by atoms with Crippen molar-refractivity contribution >= 4 is 6.03 Å². The van der Waals surface area contributed by atoms with Crippen molar-refractivity contribution in [2.45, 2.75) is 38.3 Å². The summed E-state index contributed by atoms with van der Waals surface area (Å²) in [6.07, 6.45) is 1.77. The third-order valence-corrected chi connectivity index (χ3v) is 2.52. The summed E-state index contributed by atoms with van der Waals surface area (Å²) in [5, 5.41) is 5.76. The highest BCUT2D eigenvalue weighted by atomic mass is 16.5. The van der Waals surface area contributed by atoms with Gasteiger partial charge in [0.15, 0.2) is 0 Å². The maximum atomic E-state index is 11.6. The summed E-state index contributed by atoms with van der Waals surface area (Å²) < 4.78 is 5.21. The summed E-state index contributed by atoms with van der Waals surface area (Å²) in [4.78, 5) is 11.6. The zero-order valence-corrected chi connectivity index (χ0v) is 9.51. The van der Waals surface area contributed by atoms with E-state index < -0.39 is 0 Å². The second kappa shape index (κ2) is 5.32. The normalized spacial score (nSPS) is 18.6. The van der Waals surface area contributed by atoms with Crippen molar-refractivity contribution in [1.82, 2.24) is 10.6 Å². The molecule has 1 heterocycles. The van der Waals surface area contributed by atoms with Crippen molar-refractivity contribution in [1.29, 1.82) is 0 Å². The molecule has 0 spiro atoms. The minimum Gasteiger partial charge on any atom is -0.381 e. The van der Waals surface area contributed by atoms with Crippen LogP contribution in [0.5, 0.6) is 0 Å². The Bertz CT molecular complexity index is 213.